The van der Waals surface area contributed by atoms with Crippen LogP contribution in [0.1, 0.15) is 38.8 Å². The number of carbonyl (C=O) groups is 2. The molecule has 0 aromatic heterocycles. The zero-order valence-electron chi connectivity index (χ0n) is 12.7. The Morgan fingerprint density at radius 1 is 0.952 bits per heavy atom. The predicted molar refractivity (Wildman–Crippen MR) is 82.7 cm³/mol. The minimum Gasteiger partial charge on any atom is -0.465 e. The van der Waals surface area contributed by atoms with Gasteiger partial charge < -0.3 is 4.74 Å². The maximum Gasteiger partial charge on any atom is 0.337 e. The Hall–Kier alpha value is -2.42. The molecule has 2 rings (SSSR count). The Kier molecular flexibility index (Phi) is 4.22. The number of ketones is 1. The molecule has 0 aliphatic rings. The molecule has 108 valence electrons. The molecule has 0 bridgehead atoms. The summed E-state index contributed by atoms with van der Waals surface area (Å²) in [4.78, 5) is 23.4. The number of methoxy groups -OCH3 is 1. The van der Waals surface area contributed by atoms with Crippen molar-refractivity contribution in [2.24, 2.45) is 0 Å². The molecule has 3 nitrogen and oxygen atoms in total. The highest BCUT2D eigenvalue weighted by Gasteiger charge is 2.13. The molecule has 0 fully saturated rings. The Labute approximate surface area is 124 Å². The maximum absolute atomic E-state index is 11.9. The van der Waals surface area contributed by atoms with E-state index in [2.05, 4.69) is 0 Å². The molecule has 0 N–H and O–H groups in total. The van der Waals surface area contributed by atoms with Gasteiger partial charge in [0.05, 0.1) is 12.7 Å². The average Bonchev–Trinajstić information content (AvgIpc) is 2.46. The maximum atomic E-state index is 11.9. The number of ether oxygens (including phenoxy) is 1. The SMILES string of the molecule is COC(=O)c1ccc(-c2ccc(C)cc2C(C)=O)c(C)c1. The number of carbonyl (C=O) groups excluding carboxylic acids is 2. The van der Waals surface area contributed by atoms with E-state index in [1.54, 1.807) is 19.1 Å². The Morgan fingerprint density at radius 3 is 2.19 bits per heavy atom. The first-order valence-electron chi connectivity index (χ1n) is 6.75. The van der Waals surface area contributed by atoms with Gasteiger partial charge in [0.1, 0.15) is 0 Å². The van der Waals surface area contributed by atoms with Gasteiger partial charge in [-0.3, -0.25) is 4.79 Å². The topological polar surface area (TPSA) is 43.4 Å². The fourth-order valence-electron chi connectivity index (χ4n) is 2.39. The lowest BCUT2D eigenvalue weighted by molar-refractivity contribution is 0.0600. The minimum absolute atomic E-state index is 0.0325. The van der Waals surface area contributed by atoms with Gasteiger partial charge in [-0.2, -0.15) is 0 Å². The van der Waals surface area contributed by atoms with E-state index in [-0.39, 0.29) is 11.8 Å². The second-order valence-corrected chi connectivity index (χ2v) is 5.13. The molecule has 21 heavy (non-hydrogen) atoms. The number of esters is 1. The van der Waals surface area contributed by atoms with Crippen LogP contribution in [0, 0.1) is 13.8 Å². The summed E-state index contributed by atoms with van der Waals surface area (Å²) in [5, 5.41) is 0. The van der Waals surface area contributed by atoms with Gasteiger partial charge in [-0.15, -0.1) is 0 Å². The summed E-state index contributed by atoms with van der Waals surface area (Å²) in [6, 6.07) is 11.2. The number of Topliss-reactive ketones (excluding diaryl/α,β-unsaturated/α-hetero) is 1. The third kappa shape index (κ3) is 3.02. The molecular weight excluding hydrogens is 264 g/mol. The van der Waals surface area contributed by atoms with Gasteiger partial charge in [0.25, 0.3) is 0 Å². The number of hydrogen-bond acceptors (Lipinski definition) is 3. The van der Waals surface area contributed by atoms with Crippen molar-refractivity contribution in [2.45, 2.75) is 20.8 Å². The molecule has 0 amide bonds. The van der Waals surface area contributed by atoms with E-state index in [4.69, 9.17) is 4.74 Å². The third-order valence-corrected chi connectivity index (χ3v) is 3.49. The molecule has 2 aromatic rings. The molecule has 0 aliphatic carbocycles. The molecule has 0 aliphatic heterocycles. The summed E-state index contributed by atoms with van der Waals surface area (Å²) >= 11 is 0. The van der Waals surface area contributed by atoms with E-state index in [0.717, 1.165) is 22.3 Å². The van der Waals surface area contributed by atoms with Crippen molar-refractivity contribution in [3.8, 4) is 11.1 Å². The molecule has 0 heterocycles. The fourth-order valence-corrected chi connectivity index (χ4v) is 2.39. The van der Waals surface area contributed by atoms with Crippen LogP contribution in [-0.4, -0.2) is 18.9 Å². The summed E-state index contributed by atoms with van der Waals surface area (Å²) in [6.07, 6.45) is 0. The summed E-state index contributed by atoms with van der Waals surface area (Å²) in [6.45, 7) is 5.45. The molecule has 0 atom stereocenters. The lowest BCUT2D eigenvalue weighted by Crippen LogP contribution is -2.03. The van der Waals surface area contributed by atoms with Gasteiger partial charge in [0, 0.05) is 5.56 Å². The standard InChI is InChI=1S/C18H18O3/c1-11-5-7-16(17(9-11)13(3)19)15-8-6-14(10-12(15)2)18(20)21-4/h5-10H,1-4H3. The monoisotopic (exact) mass is 282 g/mol. The zero-order chi connectivity index (χ0) is 15.6. The van der Waals surface area contributed by atoms with Crippen LogP contribution < -0.4 is 0 Å². The van der Waals surface area contributed by atoms with Crippen LogP contribution in [-0.2, 0) is 4.74 Å². The Balaban J connectivity index is 2.58. The van der Waals surface area contributed by atoms with Crippen molar-refractivity contribution in [3.05, 3.63) is 58.7 Å². The molecule has 0 spiro atoms. The van der Waals surface area contributed by atoms with Gasteiger partial charge in [-0.1, -0.05) is 23.8 Å². The van der Waals surface area contributed by atoms with Gasteiger partial charge in [0.15, 0.2) is 5.78 Å². The third-order valence-electron chi connectivity index (χ3n) is 3.49. The quantitative estimate of drug-likeness (QED) is 0.632. The van der Waals surface area contributed by atoms with Gasteiger partial charge in [0.2, 0.25) is 0 Å². The molecule has 0 saturated heterocycles. The second-order valence-electron chi connectivity index (χ2n) is 5.13. The predicted octanol–water partition coefficient (Wildman–Crippen LogP) is 3.96. The van der Waals surface area contributed by atoms with E-state index >= 15 is 0 Å². The van der Waals surface area contributed by atoms with Gasteiger partial charge in [-0.25, -0.2) is 4.79 Å². The average molecular weight is 282 g/mol. The van der Waals surface area contributed by atoms with E-state index in [0.29, 0.717) is 11.1 Å². The summed E-state index contributed by atoms with van der Waals surface area (Å²) in [5.74, 6) is -0.328. The minimum atomic E-state index is -0.361. The summed E-state index contributed by atoms with van der Waals surface area (Å²) in [5.41, 5.74) is 5.03. The first-order valence-corrected chi connectivity index (χ1v) is 6.75. The van der Waals surface area contributed by atoms with Crippen molar-refractivity contribution in [3.63, 3.8) is 0 Å². The van der Waals surface area contributed by atoms with E-state index in [1.807, 2.05) is 38.1 Å². The van der Waals surface area contributed by atoms with Crippen molar-refractivity contribution in [1.82, 2.24) is 0 Å². The molecular formula is C18H18O3. The largest absolute Gasteiger partial charge is 0.465 e. The number of hydrogen-bond donors (Lipinski definition) is 0. The van der Waals surface area contributed by atoms with E-state index in [1.165, 1.54) is 7.11 Å². The molecule has 0 unspecified atom stereocenters. The number of benzene rings is 2. The highest BCUT2D eigenvalue weighted by Crippen LogP contribution is 2.29. The van der Waals surface area contributed by atoms with E-state index in [9.17, 15) is 9.59 Å². The Bertz CT molecular complexity index is 714. The second kappa shape index (κ2) is 5.92. The summed E-state index contributed by atoms with van der Waals surface area (Å²) < 4.78 is 4.72. The Morgan fingerprint density at radius 2 is 1.62 bits per heavy atom. The van der Waals surface area contributed by atoms with Gasteiger partial charge in [-0.05, 0) is 55.7 Å². The van der Waals surface area contributed by atoms with Crippen LogP contribution in [0.15, 0.2) is 36.4 Å². The molecule has 3 heteroatoms. The van der Waals surface area contributed by atoms with Crippen molar-refractivity contribution < 1.29 is 14.3 Å². The lowest BCUT2D eigenvalue weighted by atomic mass is 9.92. The van der Waals surface area contributed by atoms with Crippen LogP contribution in [0.4, 0.5) is 0 Å². The molecule has 0 radical (unpaired) electrons. The van der Waals surface area contributed by atoms with Gasteiger partial charge >= 0.3 is 5.97 Å². The lowest BCUT2D eigenvalue weighted by Gasteiger charge is -2.12. The molecule has 2 aromatic carbocycles. The van der Waals surface area contributed by atoms with Crippen molar-refractivity contribution in [1.29, 1.82) is 0 Å². The molecule has 0 saturated carbocycles. The van der Waals surface area contributed by atoms with E-state index < -0.39 is 0 Å². The zero-order valence-corrected chi connectivity index (χ0v) is 12.7. The van der Waals surface area contributed by atoms with Crippen LogP contribution in [0.25, 0.3) is 11.1 Å². The smallest absolute Gasteiger partial charge is 0.337 e. The number of rotatable bonds is 3. The first kappa shape index (κ1) is 15.0. The van der Waals surface area contributed by atoms with Crippen LogP contribution in [0.5, 0.6) is 0 Å². The highest BCUT2D eigenvalue weighted by molar-refractivity contribution is 6.01. The van der Waals surface area contributed by atoms with Crippen molar-refractivity contribution in [2.75, 3.05) is 7.11 Å². The summed E-state index contributed by atoms with van der Waals surface area (Å²) in [7, 11) is 1.36. The number of aryl methyl sites for hydroxylation is 2. The van der Waals surface area contributed by atoms with Crippen LogP contribution >= 0.6 is 0 Å². The highest BCUT2D eigenvalue weighted by atomic mass is 16.5. The normalized spacial score (nSPS) is 10.3. The van der Waals surface area contributed by atoms with Crippen LogP contribution in [0.2, 0.25) is 0 Å². The first-order chi connectivity index (χ1) is 9.93. The van der Waals surface area contributed by atoms with Crippen LogP contribution in [0.3, 0.4) is 0 Å². The van der Waals surface area contributed by atoms with Crippen molar-refractivity contribution >= 4 is 11.8 Å². The fraction of sp³-hybridized carbons (Fsp3) is 0.222.